The highest BCUT2D eigenvalue weighted by Crippen LogP contribution is 2.28. The van der Waals surface area contributed by atoms with Crippen LogP contribution in [0.4, 0.5) is 5.69 Å². The second kappa shape index (κ2) is 9.78. The Morgan fingerprint density at radius 2 is 1.77 bits per heavy atom. The molecule has 2 rings (SSSR count). The monoisotopic (exact) mass is 364 g/mol. The van der Waals surface area contributed by atoms with Gasteiger partial charge in [-0.15, -0.1) is 0 Å². The highest BCUT2D eigenvalue weighted by molar-refractivity contribution is 5.69. The molecule has 0 N–H and O–H groups in total. The number of rotatable bonds is 8. The van der Waals surface area contributed by atoms with Gasteiger partial charge < -0.3 is 19.1 Å². The molecule has 26 heavy (non-hydrogen) atoms. The predicted molar refractivity (Wildman–Crippen MR) is 103 cm³/mol. The first-order valence-electron chi connectivity index (χ1n) is 9.29. The number of piperazine rings is 1. The lowest BCUT2D eigenvalue weighted by Gasteiger charge is -2.36. The smallest absolute Gasteiger partial charge is 0.308 e. The van der Waals surface area contributed by atoms with Gasteiger partial charge in [0, 0.05) is 32.7 Å². The maximum atomic E-state index is 11.6. The predicted octanol–water partition coefficient (Wildman–Crippen LogP) is 2.57. The average molecular weight is 364 g/mol. The van der Waals surface area contributed by atoms with E-state index in [-0.39, 0.29) is 5.97 Å². The minimum Gasteiger partial charge on any atom is -0.495 e. The van der Waals surface area contributed by atoms with Crippen molar-refractivity contribution in [1.29, 1.82) is 0 Å². The summed E-state index contributed by atoms with van der Waals surface area (Å²) < 4.78 is 16.3. The summed E-state index contributed by atoms with van der Waals surface area (Å²) in [6, 6.07) is 8.14. The lowest BCUT2D eigenvalue weighted by molar-refractivity contribution is -0.156. The average Bonchev–Trinajstić information content (AvgIpc) is 2.60. The highest BCUT2D eigenvalue weighted by atomic mass is 16.6. The van der Waals surface area contributed by atoms with E-state index < -0.39 is 5.60 Å². The van der Waals surface area contributed by atoms with Crippen LogP contribution in [0, 0.1) is 0 Å². The van der Waals surface area contributed by atoms with Gasteiger partial charge in [-0.25, -0.2) is 0 Å². The highest BCUT2D eigenvalue weighted by Gasteiger charge is 2.19. The van der Waals surface area contributed by atoms with Crippen LogP contribution in [-0.2, 0) is 14.3 Å². The van der Waals surface area contributed by atoms with Crippen LogP contribution < -0.4 is 9.64 Å². The molecule has 6 heteroatoms. The molecular weight excluding hydrogens is 332 g/mol. The van der Waals surface area contributed by atoms with Crippen molar-refractivity contribution < 1.29 is 19.0 Å². The van der Waals surface area contributed by atoms with Crippen molar-refractivity contribution >= 4 is 11.7 Å². The molecule has 0 amide bonds. The first kappa shape index (κ1) is 20.5. The third-order valence-corrected chi connectivity index (χ3v) is 4.22. The van der Waals surface area contributed by atoms with Gasteiger partial charge in [-0.3, -0.25) is 9.69 Å². The number of anilines is 1. The number of nitrogens with zero attached hydrogens (tertiary/aromatic N) is 2. The van der Waals surface area contributed by atoms with Gasteiger partial charge in [0.25, 0.3) is 0 Å². The maximum absolute atomic E-state index is 11.6. The summed E-state index contributed by atoms with van der Waals surface area (Å²) in [5, 5.41) is 0. The van der Waals surface area contributed by atoms with E-state index in [2.05, 4.69) is 15.9 Å². The Morgan fingerprint density at radius 3 is 2.42 bits per heavy atom. The SMILES string of the molecule is COc1ccccc1N1CCN(CCOCCC(=O)OC(C)(C)C)CC1. The first-order valence-corrected chi connectivity index (χ1v) is 9.29. The summed E-state index contributed by atoms with van der Waals surface area (Å²) in [7, 11) is 1.71. The fourth-order valence-electron chi connectivity index (χ4n) is 2.95. The van der Waals surface area contributed by atoms with Gasteiger partial charge in [-0.1, -0.05) is 12.1 Å². The van der Waals surface area contributed by atoms with Crippen LogP contribution in [0.25, 0.3) is 0 Å². The number of benzene rings is 1. The van der Waals surface area contributed by atoms with Crippen LogP contribution >= 0.6 is 0 Å². The number of ether oxygens (including phenoxy) is 3. The Kier molecular flexibility index (Phi) is 7.72. The zero-order valence-corrected chi connectivity index (χ0v) is 16.5. The van der Waals surface area contributed by atoms with Crippen molar-refractivity contribution in [3.05, 3.63) is 24.3 Å². The van der Waals surface area contributed by atoms with Crippen LogP contribution in [0.15, 0.2) is 24.3 Å². The number of carbonyl (C=O) groups excluding carboxylic acids is 1. The molecule has 146 valence electrons. The number of hydrogen-bond acceptors (Lipinski definition) is 6. The summed E-state index contributed by atoms with van der Waals surface area (Å²) in [6.45, 7) is 11.5. The standard InChI is InChI=1S/C20H32N2O4/c1-20(2,3)26-19(23)9-15-25-16-14-21-10-12-22(13-11-21)17-7-5-6-8-18(17)24-4/h5-8H,9-16H2,1-4H3. The molecule has 1 aromatic carbocycles. The lowest BCUT2D eigenvalue weighted by atomic mass is 10.2. The van der Waals surface area contributed by atoms with Crippen LogP contribution in [-0.4, -0.2) is 69.5 Å². The molecule has 0 saturated carbocycles. The fourth-order valence-corrected chi connectivity index (χ4v) is 2.95. The Morgan fingerprint density at radius 1 is 1.08 bits per heavy atom. The van der Waals surface area contributed by atoms with Gasteiger partial charge in [0.1, 0.15) is 11.4 Å². The zero-order valence-electron chi connectivity index (χ0n) is 16.5. The molecule has 1 saturated heterocycles. The van der Waals surface area contributed by atoms with E-state index in [0.29, 0.717) is 19.6 Å². The van der Waals surface area contributed by atoms with Crippen LogP contribution in [0.1, 0.15) is 27.2 Å². The Hall–Kier alpha value is -1.79. The molecule has 1 heterocycles. The molecule has 0 bridgehead atoms. The quantitative estimate of drug-likeness (QED) is 0.522. The molecule has 0 atom stereocenters. The van der Waals surface area contributed by atoms with E-state index >= 15 is 0 Å². The van der Waals surface area contributed by atoms with Crippen molar-refractivity contribution in [3.8, 4) is 5.75 Å². The number of methoxy groups -OCH3 is 1. The number of carbonyl (C=O) groups is 1. The largest absolute Gasteiger partial charge is 0.495 e. The maximum Gasteiger partial charge on any atom is 0.308 e. The summed E-state index contributed by atoms with van der Waals surface area (Å²) in [4.78, 5) is 16.4. The van der Waals surface area contributed by atoms with Crippen LogP contribution in [0.2, 0.25) is 0 Å². The van der Waals surface area contributed by atoms with Crippen molar-refractivity contribution in [2.75, 3.05) is 57.9 Å². The molecule has 1 aromatic rings. The molecule has 0 aliphatic carbocycles. The van der Waals surface area contributed by atoms with Gasteiger partial charge in [-0.2, -0.15) is 0 Å². The van der Waals surface area contributed by atoms with E-state index in [1.807, 2.05) is 39.0 Å². The molecule has 1 fully saturated rings. The molecule has 1 aliphatic heterocycles. The number of hydrogen-bond donors (Lipinski definition) is 0. The molecule has 1 aliphatic rings. The summed E-state index contributed by atoms with van der Waals surface area (Å²) >= 11 is 0. The molecule has 0 radical (unpaired) electrons. The summed E-state index contributed by atoms with van der Waals surface area (Å²) in [5.74, 6) is 0.717. The zero-order chi connectivity index (χ0) is 19.0. The number of para-hydroxylation sites is 2. The Bertz CT molecular complexity index is 563. The normalized spacial score (nSPS) is 15.8. The van der Waals surface area contributed by atoms with E-state index in [9.17, 15) is 4.79 Å². The molecule has 0 aromatic heterocycles. The van der Waals surface area contributed by atoms with Crippen molar-refractivity contribution in [1.82, 2.24) is 4.90 Å². The van der Waals surface area contributed by atoms with Gasteiger partial charge in [-0.05, 0) is 32.9 Å². The molecule has 0 spiro atoms. The lowest BCUT2D eigenvalue weighted by Crippen LogP contribution is -2.47. The minimum atomic E-state index is -0.432. The van der Waals surface area contributed by atoms with E-state index in [0.717, 1.165) is 44.2 Å². The van der Waals surface area contributed by atoms with Crippen LogP contribution in [0.3, 0.4) is 0 Å². The van der Waals surface area contributed by atoms with Crippen molar-refractivity contribution in [2.24, 2.45) is 0 Å². The Balaban J connectivity index is 1.61. The molecule has 6 nitrogen and oxygen atoms in total. The number of esters is 1. The van der Waals surface area contributed by atoms with E-state index in [1.54, 1.807) is 7.11 Å². The third-order valence-electron chi connectivity index (χ3n) is 4.22. The van der Waals surface area contributed by atoms with Gasteiger partial charge in [0.2, 0.25) is 0 Å². The summed E-state index contributed by atoms with van der Waals surface area (Å²) in [5.41, 5.74) is 0.723. The summed E-state index contributed by atoms with van der Waals surface area (Å²) in [6.07, 6.45) is 0.304. The van der Waals surface area contributed by atoms with Gasteiger partial charge in [0.05, 0.1) is 32.4 Å². The first-order chi connectivity index (χ1) is 12.4. The molecular formula is C20H32N2O4. The molecule has 0 unspecified atom stereocenters. The Labute approximate surface area is 157 Å². The van der Waals surface area contributed by atoms with Crippen molar-refractivity contribution in [2.45, 2.75) is 32.8 Å². The minimum absolute atomic E-state index is 0.206. The third kappa shape index (κ3) is 6.84. The van der Waals surface area contributed by atoms with Crippen molar-refractivity contribution in [3.63, 3.8) is 0 Å². The topological polar surface area (TPSA) is 51.2 Å². The van der Waals surface area contributed by atoms with Gasteiger partial charge in [0.15, 0.2) is 0 Å². The fraction of sp³-hybridized carbons (Fsp3) is 0.650. The second-order valence-corrected chi connectivity index (χ2v) is 7.45. The van der Waals surface area contributed by atoms with Gasteiger partial charge >= 0.3 is 5.97 Å². The second-order valence-electron chi connectivity index (χ2n) is 7.45. The van der Waals surface area contributed by atoms with E-state index in [4.69, 9.17) is 14.2 Å². The van der Waals surface area contributed by atoms with E-state index in [1.165, 1.54) is 0 Å². The van der Waals surface area contributed by atoms with Crippen LogP contribution in [0.5, 0.6) is 5.75 Å².